The minimum atomic E-state index is -1.69. The van der Waals surface area contributed by atoms with Gasteiger partial charge in [-0.3, -0.25) is 4.79 Å². The quantitative estimate of drug-likeness (QED) is 0.891. The van der Waals surface area contributed by atoms with E-state index >= 15 is 0 Å². The van der Waals surface area contributed by atoms with Crippen molar-refractivity contribution in [3.63, 3.8) is 0 Å². The van der Waals surface area contributed by atoms with E-state index in [2.05, 4.69) is 0 Å². The normalized spacial score (nSPS) is 12.2. The minimum absolute atomic E-state index is 0.0578. The van der Waals surface area contributed by atoms with Crippen LogP contribution in [0, 0.1) is 11.6 Å². The molecular weight excluding hydrogens is 252 g/mol. The number of carbonyl (C=O) groups is 1. The van der Waals surface area contributed by atoms with Gasteiger partial charge in [0.25, 0.3) is 5.91 Å². The number of amides is 1. The fourth-order valence-electron chi connectivity index (χ4n) is 1.84. The highest BCUT2D eigenvalue weighted by Gasteiger charge is 2.20. The number of halogens is 2. The lowest BCUT2D eigenvalue weighted by atomic mass is 9.95. The van der Waals surface area contributed by atoms with Crippen LogP contribution in [0.25, 0.3) is 11.1 Å². The summed E-state index contributed by atoms with van der Waals surface area (Å²) >= 11 is 0. The molecule has 3 N–H and O–H groups in total. The van der Waals surface area contributed by atoms with Crippen molar-refractivity contribution in [2.75, 3.05) is 0 Å². The van der Waals surface area contributed by atoms with Crippen LogP contribution in [0.3, 0.4) is 0 Å². The topological polar surface area (TPSA) is 63.3 Å². The summed E-state index contributed by atoms with van der Waals surface area (Å²) in [5.74, 6) is -2.20. The van der Waals surface area contributed by atoms with Crippen molar-refractivity contribution in [3.8, 4) is 11.1 Å². The first-order chi connectivity index (χ1) is 9.00. The molecule has 0 aliphatic carbocycles. The maximum absolute atomic E-state index is 13.7. The van der Waals surface area contributed by atoms with Crippen molar-refractivity contribution in [1.82, 2.24) is 0 Å². The molecular formula is C14H11F2NO2. The standard InChI is InChI=1S/C14H11F2NO2/c15-8-5-6-9(10-3-1-2-4-12(10)16)11(7-8)13(18)14(17)19/h1-7,13,18H,(H2,17,19). The third kappa shape index (κ3) is 2.61. The van der Waals surface area contributed by atoms with E-state index in [1.165, 1.54) is 24.3 Å². The Hall–Kier alpha value is -2.27. The summed E-state index contributed by atoms with van der Waals surface area (Å²) in [5, 5.41) is 9.69. The molecule has 1 unspecified atom stereocenters. The average molecular weight is 263 g/mol. The monoisotopic (exact) mass is 263 g/mol. The van der Waals surface area contributed by atoms with Gasteiger partial charge in [-0.05, 0) is 23.8 Å². The van der Waals surface area contributed by atoms with E-state index in [0.29, 0.717) is 0 Å². The zero-order valence-corrected chi connectivity index (χ0v) is 9.81. The molecule has 0 spiro atoms. The number of rotatable bonds is 3. The number of hydrogen-bond acceptors (Lipinski definition) is 2. The SMILES string of the molecule is NC(=O)C(O)c1cc(F)ccc1-c1ccccc1F. The molecule has 0 saturated carbocycles. The number of aliphatic hydroxyl groups excluding tert-OH is 1. The van der Waals surface area contributed by atoms with Gasteiger partial charge in [0, 0.05) is 11.1 Å². The molecule has 0 aromatic heterocycles. The fraction of sp³-hybridized carbons (Fsp3) is 0.0714. The number of hydrogen-bond donors (Lipinski definition) is 2. The molecule has 0 saturated heterocycles. The summed E-state index contributed by atoms with van der Waals surface area (Å²) < 4.78 is 27.0. The molecule has 1 amide bonds. The Kier molecular flexibility index (Phi) is 3.57. The van der Waals surface area contributed by atoms with Gasteiger partial charge in [-0.2, -0.15) is 0 Å². The van der Waals surface area contributed by atoms with Gasteiger partial charge in [0.2, 0.25) is 0 Å². The first kappa shape index (κ1) is 13.2. The molecule has 0 fully saturated rings. The third-order valence-electron chi connectivity index (χ3n) is 2.74. The molecule has 0 radical (unpaired) electrons. The summed E-state index contributed by atoms with van der Waals surface area (Å²) in [6, 6.07) is 9.21. The maximum Gasteiger partial charge on any atom is 0.250 e. The van der Waals surface area contributed by atoms with Crippen LogP contribution >= 0.6 is 0 Å². The van der Waals surface area contributed by atoms with Crippen molar-refractivity contribution < 1.29 is 18.7 Å². The lowest BCUT2D eigenvalue weighted by Crippen LogP contribution is -2.21. The summed E-state index contributed by atoms with van der Waals surface area (Å²) in [7, 11) is 0. The van der Waals surface area contributed by atoms with Gasteiger partial charge in [-0.15, -0.1) is 0 Å². The predicted molar refractivity (Wildman–Crippen MR) is 65.9 cm³/mol. The predicted octanol–water partition coefficient (Wildman–Crippen LogP) is 2.15. The van der Waals surface area contributed by atoms with E-state index in [4.69, 9.17) is 5.73 Å². The van der Waals surface area contributed by atoms with Gasteiger partial charge in [0.05, 0.1) is 0 Å². The molecule has 0 aliphatic heterocycles. The molecule has 1 atom stereocenters. The third-order valence-corrected chi connectivity index (χ3v) is 2.74. The number of carbonyl (C=O) groups excluding carboxylic acids is 1. The number of aliphatic hydroxyl groups is 1. The van der Waals surface area contributed by atoms with Crippen LogP contribution in [0.15, 0.2) is 42.5 Å². The van der Waals surface area contributed by atoms with Gasteiger partial charge >= 0.3 is 0 Å². The maximum atomic E-state index is 13.7. The van der Waals surface area contributed by atoms with E-state index in [1.807, 2.05) is 0 Å². The van der Waals surface area contributed by atoms with Crippen molar-refractivity contribution in [3.05, 3.63) is 59.7 Å². The van der Waals surface area contributed by atoms with Crippen molar-refractivity contribution >= 4 is 5.91 Å². The van der Waals surface area contributed by atoms with E-state index in [-0.39, 0.29) is 16.7 Å². The Balaban J connectivity index is 2.64. The average Bonchev–Trinajstić information content (AvgIpc) is 2.38. The van der Waals surface area contributed by atoms with E-state index in [1.54, 1.807) is 6.07 Å². The molecule has 5 heteroatoms. The van der Waals surface area contributed by atoms with Gasteiger partial charge in [-0.25, -0.2) is 8.78 Å². The summed E-state index contributed by atoms with van der Waals surface area (Å²) in [6.07, 6.45) is -1.69. The van der Waals surface area contributed by atoms with Crippen LogP contribution < -0.4 is 5.73 Å². The van der Waals surface area contributed by atoms with E-state index in [9.17, 15) is 18.7 Å². The van der Waals surface area contributed by atoms with Crippen LogP contribution in [-0.2, 0) is 4.79 Å². The Morgan fingerprint density at radius 1 is 1.11 bits per heavy atom. The second-order valence-electron chi connectivity index (χ2n) is 4.02. The molecule has 3 nitrogen and oxygen atoms in total. The van der Waals surface area contributed by atoms with Gasteiger partial charge in [0.15, 0.2) is 6.10 Å². The number of nitrogens with two attached hydrogens (primary N) is 1. The Labute approximate surface area is 108 Å². The van der Waals surface area contributed by atoms with Gasteiger partial charge in [-0.1, -0.05) is 24.3 Å². The van der Waals surface area contributed by atoms with Crippen LogP contribution in [0.1, 0.15) is 11.7 Å². The molecule has 0 heterocycles. The lowest BCUT2D eigenvalue weighted by molar-refractivity contribution is -0.126. The largest absolute Gasteiger partial charge is 0.378 e. The number of benzene rings is 2. The molecule has 0 aliphatic rings. The molecule has 0 bridgehead atoms. The summed E-state index contributed by atoms with van der Waals surface area (Å²) in [6.45, 7) is 0. The minimum Gasteiger partial charge on any atom is -0.378 e. The molecule has 2 aromatic carbocycles. The van der Waals surface area contributed by atoms with Crippen LogP contribution in [-0.4, -0.2) is 11.0 Å². The highest BCUT2D eigenvalue weighted by molar-refractivity contribution is 5.83. The molecule has 2 aromatic rings. The first-order valence-corrected chi connectivity index (χ1v) is 5.52. The van der Waals surface area contributed by atoms with Crippen LogP contribution in [0.2, 0.25) is 0 Å². The fourth-order valence-corrected chi connectivity index (χ4v) is 1.84. The zero-order chi connectivity index (χ0) is 14.0. The molecule has 98 valence electrons. The Bertz CT molecular complexity index is 629. The Morgan fingerprint density at radius 2 is 1.79 bits per heavy atom. The highest BCUT2D eigenvalue weighted by atomic mass is 19.1. The summed E-state index contributed by atoms with van der Waals surface area (Å²) in [4.78, 5) is 11.0. The first-order valence-electron chi connectivity index (χ1n) is 5.52. The Morgan fingerprint density at radius 3 is 2.42 bits per heavy atom. The zero-order valence-electron chi connectivity index (χ0n) is 9.81. The van der Waals surface area contributed by atoms with E-state index < -0.39 is 23.6 Å². The second kappa shape index (κ2) is 5.16. The highest BCUT2D eigenvalue weighted by Crippen LogP contribution is 2.30. The van der Waals surface area contributed by atoms with Crippen molar-refractivity contribution in [2.24, 2.45) is 5.73 Å². The van der Waals surface area contributed by atoms with Crippen molar-refractivity contribution in [1.29, 1.82) is 0 Å². The van der Waals surface area contributed by atoms with Crippen LogP contribution in [0.4, 0.5) is 8.78 Å². The second-order valence-corrected chi connectivity index (χ2v) is 4.02. The number of primary amides is 1. The smallest absolute Gasteiger partial charge is 0.250 e. The van der Waals surface area contributed by atoms with E-state index in [0.717, 1.165) is 12.1 Å². The van der Waals surface area contributed by atoms with Gasteiger partial charge < -0.3 is 10.8 Å². The molecule has 19 heavy (non-hydrogen) atoms. The van der Waals surface area contributed by atoms with Gasteiger partial charge in [0.1, 0.15) is 11.6 Å². The molecule has 2 rings (SSSR count). The summed E-state index contributed by atoms with van der Waals surface area (Å²) in [5.41, 5.74) is 5.33. The van der Waals surface area contributed by atoms with Crippen LogP contribution in [0.5, 0.6) is 0 Å². The van der Waals surface area contributed by atoms with Crippen molar-refractivity contribution in [2.45, 2.75) is 6.10 Å². The lowest BCUT2D eigenvalue weighted by Gasteiger charge is -2.14.